The van der Waals surface area contributed by atoms with Crippen LogP contribution in [0.2, 0.25) is 0 Å². The van der Waals surface area contributed by atoms with Crippen molar-refractivity contribution in [2.45, 2.75) is 37.4 Å². The smallest absolute Gasteiger partial charge is 0.365 e. The fourth-order valence-electron chi connectivity index (χ4n) is 3.76. The molecule has 4 rings (SSSR count). The minimum Gasteiger partial charge on any atom is -0.365 e. The first-order valence-corrected chi connectivity index (χ1v) is 9.08. The summed E-state index contributed by atoms with van der Waals surface area (Å²) < 4.78 is 97.8. The molecule has 0 spiro atoms. The van der Waals surface area contributed by atoms with Gasteiger partial charge in [0.1, 0.15) is 5.69 Å². The number of benzene rings is 1. The molecule has 4 nitrogen and oxygen atoms in total. The number of carbonyl (C=O) groups excluding carboxylic acids is 1. The van der Waals surface area contributed by atoms with Crippen molar-refractivity contribution < 1.29 is 40.3 Å². The monoisotopic (exact) mass is 446 g/mol. The Bertz CT molecular complexity index is 1080. The van der Waals surface area contributed by atoms with Crippen LogP contribution in [0.1, 0.15) is 29.8 Å². The molecule has 2 aliphatic rings. The Morgan fingerprint density at radius 2 is 1.65 bits per heavy atom. The number of halogens is 7. The minimum absolute atomic E-state index is 0.0695. The first-order chi connectivity index (χ1) is 14.5. The maximum Gasteiger partial charge on any atom is 0.433 e. The number of aromatic nitrogens is 1. The Hall–Kier alpha value is -2.95. The van der Waals surface area contributed by atoms with Crippen LogP contribution in [0.5, 0.6) is 0 Å². The predicted octanol–water partition coefficient (Wildman–Crippen LogP) is 5.21. The van der Waals surface area contributed by atoms with Gasteiger partial charge in [-0.15, -0.1) is 0 Å². The zero-order valence-corrected chi connectivity index (χ0v) is 15.4. The zero-order chi connectivity index (χ0) is 22.6. The second kappa shape index (κ2) is 7.33. The van der Waals surface area contributed by atoms with E-state index in [0.29, 0.717) is 18.9 Å². The van der Waals surface area contributed by atoms with Crippen LogP contribution in [-0.2, 0) is 21.9 Å². The molecule has 1 fully saturated rings. The number of rotatable bonds is 3. The van der Waals surface area contributed by atoms with Gasteiger partial charge in [-0.3, -0.25) is 4.79 Å². The molecule has 0 radical (unpaired) electrons. The van der Waals surface area contributed by atoms with E-state index in [4.69, 9.17) is 4.74 Å². The van der Waals surface area contributed by atoms with Gasteiger partial charge in [0.15, 0.2) is 5.82 Å². The van der Waals surface area contributed by atoms with Crippen LogP contribution in [0, 0.1) is 5.82 Å². The molecular weight excluding hydrogens is 433 g/mol. The molecule has 31 heavy (non-hydrogen) atoms. The van der Waals surface area contributed by atoms with Crippen molar-refractivity contribution in [3.8, 4) is 0 Å². The van der Waals surface area contributed by atoms with E-state index in [1.165, 1.54) is 6.07 Å². The highest BCUT2D eigenvalue weighted by molar-refractivity contribution is 6.11. The van der Waals surface area contributed by atoms with E-state index in [-0.39, 0.29) is 16.8 Å². The SMILES string of the molecule is O=C(Nc1cccc(C(F)(F)F)c1F)C1=C(c2cccc(C(F)(F)F)n2)[C@@H]2CC[C@H]1O2. The molecule has 2 aromatic rings. The van der Waals surface area contributed by atoms with Gasteiger partial charge < -0.3 is 10.1 Å². The number of ether oxygens (including phenoxy) is 1. The number of fused-ring (bicyclic) bond motifs is 2. The largest absolute Gasteiger partial charge is 0.433 e. The molecule has 0 unspecified atom stereocenters. The number of nitrogens with one attached hydrogen (secondary N) is 1. The first kappa shape index (κ1) is 21.3. The van der Waals surface area contributed by atoms with Gasteiger partial charge in [-0.25, -0.2) is 9.37 Å². The molecule has 1 aromatic carbocycles. The first-order valence-electron chi connectivity index (χ1n) is 9.08. The van der Waals surface area contributed by atoms with E-state index < -0.39 is 53.2 Å². The third-order valence-corrected chi connectivity index (χ3v) is 5.07. The van der Waals surface area contributed by atoms with Gasteiger partial charge in [0, 0.05) is 5.57 Å². The summed E-state index contributed by atoms with van der Waals surface area (Å²) in [6.07, 6.45) is -10.3. The Morgan fingerprint density at radius 3 is 2.32 bits per heavy atom. The number of hydrogen-bond donors (Lipinski definition) is 1. The molecule has 2 bridgehead atoms. The maximum atomic E-state index is 14.3. The number of nitrogens with zero attached hydrogens (tertiary/aromatic N) is 1. The molecule has 2 atom stereocenters. The average molecular weight is 446 g/mol. The molecular formula is C20H13F7N2O2. The molecule has 2 aliphatic heterocycles. The lowest BCUT2D eigenvalue weighted by molar-refractivity contribution is -0.141. The number of carbonyl (C=O) groups is 1. The molecule has 164 valence electrons. The van der Waals surface area contributed by atoms with E-state index >= 15 is 0 Å². The zero-order valence-electron chi connectivity index (χ0n) is 15.4. The lowest BCUT2D eigenvalue weighted by Crippen LogP contribution is -2.24. The van der Waals surface area contributed by atoms with Gasteiger partial charge in [-0.2, -0.15) is 26.3 Å². The van der Waals surface area contributed by atoms with Gasteiger partial charge >= 0.3 is 12.4 Å². The number of amides is 1. The van der Waals surface area contributed by atoms with E-state index in [9.17, 15) is 35.5 Å². The van der Waals surface area contributed by atoms with Crippen molar-refractivity contribution in [1.82, 2.24) is 4.98 Å². The van der Waals surface area contributed by atoms with Crippen LogP contribution in [0.25, 0.3) is 5.57 Å². The second-order valence-corrected chi connectivity index (χ2v) is 7.04. The number of pyridine rings is 1. The molecule has 3 heterocycles. The lowest BCUT2D eigenvalue weighted by Gasteiger charge is -2.18. The summed E-state index contributed by atoms with van der Waals surface area (Å²) in [6.45, 7) is 0. The van der Waals surface area contributed by atoms with Crippen molar-refractivity contribution in [3.05, 3.63) is 64.7 Å². The van der Waals surface area contributed by atoms with E-state index in [1.54, 1.807) is 0 Å². The van der Waals surface area contributed by atoms with E-state index in [1.807, 2.05) is 0 Å². The van der Waals surface area contributed by atoms with E-state index in [2.05, 4.69) is 10.3 Å². The quantitative estimate of drug-likeness (QED) is 0.659. The third kappa shape index (κ3) is 3.89. The van der Waals surface area contributed by atoms with Gasteiger partial charge in [0.05, 0.1) is 34.7 Å². The van der Waals surface area contributed by atoms with Crippen molar-refractivity contribution in [2.75, 3.05) is 5.32 Å². The van der Waals surface area contributed by atoms with Crippen molar-refractivity contribution >= 4 is 17.2 Å². The summed E-state index contributed by atoms with van der Waals surface area (Å²) in [4.78, 5) is 16.4. The fraction of sp³-hybridized carbons (Fsp3) is 0.300. The van der Waals surface area contributed by atoms with Gasteiger partial charge in [-0.05, 0) is 37.1 Å². The highest BCUT2D eigenvalue weighted by Gasteiger charge is 2.45. The Balaban J connectivity index is 1.73. The number of anilines is 1. The molecule has 0 aliphatic carbocycles. The van der Waals surface area contributed by atoms with Crippen molar-refractivity contribution in [1.29, 1.82) is 0 Å². The molecule has 1 saturated heterocycles. The molecule has 11 heteroatoms. The summed E-state index contributed by atoms with van der Waals surface area (Å²) in [5.41, 5.74) is -3.50. The van der Waals surface area contributed by atoms with Gasteiger partial charge in [-0.1, -0.05) is 12.1 Å². The highest BCUT2D eigenvalue weighted by atomic mass is 19.4. The second-order valence-electron chi connectivity index (χ2n) is 7.04. The normalized spacial score (nSPS) is 21.0. The Labute approximate surface area is 170 Å². The van der Waals surface area contributed by atoms with Crippen LogP contribution in [0.3, 0.4) is 0 Å². The van der Waals surface area contributed by atoms with Crippen LogP contribution in [0.15, 0.2) is 42.0 Å². The maximum absolute atomic E-state index is 14.3. The Morgan fingerprint density at radius 1 is 0.968 bits per heavy atom. The van der Waals surface area contributed by atoms with Crippen LogP contribution in [-0.4, -0.2) is 23.1 Å². The van der Waals surface area contributed by atoms with E-state index in [0.717, 1.165) is 24.3 Å². The summed E-state index contributed by atoms with van der Waals surface area (Å²) >= 11 is 0. The summed E-state index contributed by atoms with van der Waals surface area (Å²) in [6, 6.07) is 5.61. The highest BCUT2D eigenvalue weighted by Crippen LogP contribution is 2.45. The number of alkyl halides is 6. The molecule has 1 amide bonds. The standard InChI is InChI=1S/C20H13F7N2O2/c21-17-9(19(22,23)24)3-1-5-11(17)29-18(30)16-13-8-7-12(31-13)15(16)10-4-2-6-14(28-10)20(25,26)27/h1-6,12-13H,7-8H2,(H,29,30)/t12-,13+/m0/s1. The third-order valence-electron chi connectivity index (χ3n) is 5.07. The predicted molar refractivity (Wildman–Crippen MR) is 94.1 cm³/mol. The number of hydrogen-bond acceptors (Lipinski definition) is 3. The average Bonchev–Trinajstić information content (AvgIpc) is 3.29. The lowest BCUT2D eigenvalue weighted by atomic mass is 9.89. The Kier molecular flexibility index (Phi) is 5.03. The van der Waals surface area contributed by atoms with Crippen LogP contribution in [0.4, 0.5) is 36.4 Å². The van der Waals surface area contributed by atoms with Gasteiger partial charge in [0.25, 0.3) is 5.91 Å². The fourth-order valence-corrected chi connectivity index (χ4v) is 3.76. The summed E-state index contributed by atoms with van der Waals surface area (Å²) in [7, 11) is 0. The summed E-state index contributed by atoms with van der Waals surface area (Å²) in [5.74, 6) is -2.62. The topological polar surface area (TPSA) is 51.2 Å². The minimum atomic E-state index is -4.97. The van der Waals surface area contributed by atoms with Gasteiger partial charge in [0.2, 0.25) is 0 Å². The van der Waals surface area contributed by atoms with Crippen LogP contribution >= 0.6 is 0 Å². The molecule has 1 aromatic heterocycles. The van der Waals surface area contributed by atoms with Crippen molar-refractivity contribution in [2.24, 2.45) is 0 Å². The molecule has 0 saturated carbocycles. The summed E-state index contributed by atoms with van der Waals surface area (Å²) in [5, 5.41) is 2.09. The molecule has 1 N–H and O–H groups in total. The van der Waals surface area contributed by atoms with Crippen molar-refractivity contribution in [3.63, 3.8) is 0 Å². The van der Waals surface area contributed by atoms with Crippen LogP contribution < -0.4 is 5.32 Å².